The van der Waals surface area contributed by atoms with Crippen LogP contribution < -0.4 is 4.90 Å². The summed E-state index contributed by atoms with van der Waals surface area (Å²) in [6.45, 7) is 0. The maximum absolute atomic E-state index is 2.46. The van der Waals surface area contributed by atoms with E-state index >= 15 is 0 Å². The number of para-hydroxylation sites is 1. The quantitative estimate of drug-likeness (QED) is 0.618. The van der Waals surface area contributed by atoms with Crippen LogP contribution in [0.2, 0.25) is 0 Å². The van der Waals surface area contributed by atoms with Crippen molar-refractivity contribution in [1.82, 2.24) is 0 Å². The number of hydrogen-bond donors (Lipinski definition) is 0. The number of fused-ring (bicyclic) bond motifs is 2. The zero-order valence-corrected chi connectivity index (χ0v) is 9.24. The Bertz CT molecular complexity index is 406. The maximum Gasteiger partial charge on any atom is 0.0502 e. The predicted molar refractivity (Wildman–Crippen MR) is 65.1 cm³/mol. The Morgan fingerprint density at radius 2 is 2.07 bits per heavy atom. The molecule has 0 radical (unpaired) electrons. The van der Waals surface area contributed by atoms with Gasteiger partial charge in [0.05, 0.1) is 6.04 Å². The minimum atomic E-state index is 0.675. The summed E-state index contributed by atoms with van der Waals surface area (Å²) >= 11 is 0. The molecule has 1 aliphatic heterocycles. The van der Waals surface area contributed by atoms with Crippen LogP contribution in [-0.4, -0.2) is 13.1 Å². The SMILES string of the molecule is CN1c2ccccc2C=C2CCCCC21. The Kier molecular flexibility index (Phi) is 2.05. The van der Waals surface area contributed by atoms with Crippen molar-refractivity contribution in [1.29, 1.82) is 0 Å². The molecule has 0 spiro atoms. The van der Waals surface area contributed by atoms with Crippen LogP contribution in [0.5, 0.6) is 0 Å². The van der Waals surface area contributed by atoms with Gasteiger partial charge in [0.15, 0.2) is 0 Å². The summed E-state index contributed by atoms with van der Waals surface area (Å²) in [5.41, 5.74) is 4.43. The Morgan fingerprint density at radius 1 is 1.20 bits per heavy atom. The van der Waals surface area contributed by atoms with E-state index in [9.17, 15) is 0 Å². The van der Waals surface area contributed by atoms with Gasteiger partial charge in [0, 0.05) is 12.7 Å². The summed E-state index contributed by atoms with van der Waals surface area (Å²) in [6.07, 6.45) is 7.80. The van der Waals surface area contributed by atoms with Gasteiger partial charge in [0.2, 0.25) is 0 Å². The zero-order valence-electron chi connectivity index (χ0n) is 9.24. The summed E-state index contributed by atoms with van der Waals surface area (Å²) in [5, 5.41) is 0. The van der Waals surface area contributed by atoms with Gasteiger partial charge in [-0.05, 0) is 36.5 Å². The molecular weight excluding hydrogens is 182 g/mol. The molecule has 0 N–H and O–H groups in total. The van der Waals surface area contributed by atoms with Gasteiger partial charge in [0.25, 0.3) is 0 Å². The maximum atomic E-state index is 2.46. The molecule has 1 heterocycles. The highest BCUT2D eigenvalue weighted by atomic mass is 15.1. The third-order valence-electron chi connectivity index (χ3n) is 3.75. The molecule has 1 nitrogen and oxygen atoms in total. The molecule has 1 heteroatoms. The number of benzene rings is 1. The number of hydrogen-bond acceptors (Lipinski definition) is 1. The normalized spacial score (nSPS) is 24.2. The van der Waals surface area contributed by atoms with Crippen LogP contribution in [0.3, 0.4) is 0 Å². The summed E-state index contributed by atoms with van der Waals surface area (Å²) in [5.74, 6) is 0. The van der Waals surface area contributed by atoms with Crippen LogP contribution in [0.1, 0.15) is 31.2 Å². The Morgan fingerprint density at radius 3 is 3.00 bits per heavy atom. The first-order chi connectivity index (χ1) is 7.36. The lowest BCUT2D eigenvalue weighted by atomic mass is 9.84. The lowest BCUT2D eigenvalue weighted by Gasteiger charge is -2.39. The van der Waals surface area contributed by atoms with Crippen molar-refractivity contribution in [3.8, 4) is 0 Å². The molecule has 0 aromatic heterocycles. The molecule has 0 amide bonds. The van der Waals surface area contributed by atoms with Gasteiger partial charge >= 0.3 is 0 Å². The second-order valence-corrected chi connectivity index (χ2v) is 4.65. The van der Waals surface area contributed by atoms with E-state index < -0.39 is 0 Å². The summed E-state index contributed by atoms with van der Waals surface area (Å²) in [4.78, 5) is 2.46. The smallest absolute Gasteiger partial charge is 0.0502 e. The van der Waals surface area contributed by atoms with E-state index in [2.05, 4.69) is 42.3 Å². The minimum absolute atomic E-state index is 0.675. The van der Waals surface area contributed by atoms with Gasteiger partial charge in [-0.25, -0.2) is 0 Å². The molecule has 1 fully saturated rings. The van der Waals surface area contributed by atoms with Gasteiger partial charge in [0.1, 0.15) is 0 Å². The largest absolute Gasteiger partial charge is 0.367 e. The van der Waals surface area contributed by atoms with Crippen molar-refractivity contribution >= 4 is 11.8 Å². The Hall–Kier alpha value is -1.24. The fraction of sp³-hybridized carbons (Fsp3) is 0.429. The van der Waals surface area contributed by atoms with E-state index in [-0.39, 0.29) is 0 Å². The molecule has 1 aromatic rings. The number of nitrogens with zero attached hydrogens (tertiary/aromatic N) is 1. The summed E-state index contributed by atoms with van der Waals surface area (Å²) in [7, 11) is 2.24. The fourth-order valence-corrected chi connectivity index (χ4v) is 2.93. The highest BCUT2D eigenvalue weighted by Gasteiger charge is 2.27. The van der Waals surface area contributed by atoms with Gasteiger partial charge in [-0.2, -0.15) is 0 Å². The number of likely N-dealkylation sites (N-methyl/N-ethyl adjacent to an activating group) is 1. The van der Waals surface area contributed by atoms with Crippen molar-refractivity contribution in [2.75, 3.05) is 11.9 Å². The van der Waals surface area contributed by atoms with E-state index in [0.29, 0.717) is 6.04 Å². The van der Waals surface area contributed by atoms with Crippen molar-refractivity contribution in [3.05, 3.63) is 35.4 Å². The molecule has 1 atom stereocenters. The molecule has 1 aromatic carbocycles. The van der Waals surface area contributed by atoms with Crippen molar-refractivity contribution in [3.63, 3.8) is 0 Å². The average Bonchev–Trinajstić information content (AvgIpc) is 2.30. The molecule has 15 heavy (non-hydrogen) atoms. The molecule has 1 unspecified atom stereocenters. The first-order valence-electron chi connectivity index (χ1n) is 5.88. The molecule has 3 rings (SSSR count). The highest BCUT2D eigenvalue weighted by molar-refractivity contribution is 5.74. The molecule has 1 saturated carbocycles. The standard InChI is InChI=1S/C14H17N/c1-15-13-8-4-2-6-11(13)10-12-7-3-5-9-14(12)15/h2,4,6,8,10,14H,3,5,7,9H2,1H3. The van der Waals surface area contributed by atoms with Crippen LogP contribution in [0.15, 0.2) is 29.8 Å². The first kappa shape index (κ1) is 9.02. The third-order valence-corrected chi connectivity index (χ3v) is 3.75. The molecule has 0 bridgehead atoms. The molecule has 1 aliphatic carbocycles. The second kappa shape index (κ2) is 3.41. The first-order valence-corrected chi connectivity index (χ1v) is 5.88. The van der Waals surface area contributed by atoms with Crippen LogP contribution >= 0.6 is 0 Å². The van der Waals surface area contributed by atoms with Crippen LogP contribution in [0.4, 0.5) is 5.69 Å². The van der Waals surface area contributed by atoms with Gasteiger partial charge < -0.3 is 4.90 Å². The van der Waals surface area contributed by atoms with Crippen molar-refractivity contribution < 1.29 is 0 Å². The van der Waals surface area contributed by atoms with E-state index in [1.165, 1.54) is 36.9 Å². The van der Waals surface area contributed by atoms with E-state index in [0.717, 1.165) is 0 Å². The van der Waals surface area contributed by atoms with Gasteiger partial charge in [-0.1, -0.05) is 30.7 Å². The summed E-state index contributed by atoms with van der Waals surface area (Å²) < 4.78 is 0. The van der Waals surface area contributed by atoms with Crippen LogP contribution in [0, 0.1) is 0 Å². The van der Waals surface area contributed by atoms with Gasteiger partial charge in [-0.15, -0.1) is 0 Å². The third kappa shape index (κ3) is 1.38. The lowest BCUT2D eigenvalue weighted by Crippen LogP contribution is -2.37. The fourth-order valence-electron chi connectivity index (χ4n) is 2.93. The highest BCUT2D eigenvalue weighted by Crippen LogP contribution is 2.37. The van der Waals surface area contributed by atoms with Crippen molar-refractivity contribution in [2.45, 2.75) is 31.7 Å². The lowest BCUT2D eigenvalue weighted by molar-refractivity contribution is 0.518. The molecule has 78 valence electrons. The molecular formula is C14H17N. The van der Waals surface area contributed by atoms with Crippen molar-refractivity contribution in [2.24, 2.45) is 0 Å². The Balaban J connectivity index is 2.09. The number of anilines is 1. The zero-order chi connectivity index (χ0) is 10.3. The Labute approximate surface area is 91.4 Å². The van der Waals surface area contributed by atoms with E-state index in [1.807, 2.05) is 0 Å². The van der Waals surface area contributed by atoms with E-state index in [1.54, 1.807) is 5.57 Å². The predicted octanol–water partition coefficient (Wildman–Crippen LogP) is 3.46. The summed E-state index contributed by atoms with van der Waals surface area (Å²) in [6, 6.07) is 9.40. The second-order valence-electron chi connectivity index (χ2n) is 4.65. The molecule has 0 saturated heterocycles. The monoisotopic (exact) mass is 199 g/mol. The van der Waals surface area contributed by atoms with E-state index in [4.69, 9.17) is 0 Å². The number of rotatable bonds is 0. The molecule has 2 aliphatic rings. The van der Waals surface area contributed by atoms with Crippen LogP contribution in [-0.2, 0) is 0 Å². The minimum Gasteiger partial charge on any atom is -0.367 e. The van der Waals surface area contributed by atoms with Crippen LogP contribution in [0.25, 0.3) is 6.08 Å². The topological polar surface area (TPSA) is 3.24 Å². The average molecular weight is 199 g/mol. The van der Waals surface area contributed by atoms with Gasteiger partial charge in [-0.3, -0.25) is 0 Å².